The van der Waals surface area contributed by atoms with Crippen LogP contribution in [-0.4, -0.2) is 39.8 Å². The average Bonchev–Trinajstić information content (AvgIpc) is 2.45. The lowest BCUT2D eigenvalue weighted by atomic mass is 10.0. The molecule has 0 aliphatic heterocycles. The molecule has 0 aliphatic rings. The predicted molar refractivity (Wildman–Crippen MR) is 91.2 cm³/mol. The van der Waals surface area contributed by atoms with Gasteiger partial charge >= 0.3 is 5.97 Å². The van der Waals surface area contributed by atoms with E-state index in [9.17, 15) is 14.8 Å². The van der Waals surface area contributed by atoms with Crippen LogP contribution < -0.4 is 5.73 Å². The Morgan fingerprint density at radius 2 is 1.75 bits per heavy atom. The van der Waals surface area contributed by atoms with Crippen LogP contribution in [0.15, 0.2) is 30.3 Å². The standard InChI is InChI=1S/C18H28N2O4/c1-12(2)15(17(22)24-18(3,4)5)20(23)16(21)14(19)11-13-9-7-6-8-10-13/h6-10,12,14-15,23H,11,19H2,1-5H3. The molecule has 0 saturated carbocycles. The molecule has 1 aromatic rings. The average molecular weight is 336 g/mol. The molecule has 134 valence electrons. The summed E-state index contributed by atoms with van der Waals surface area (Å²) in [5.74, 6) is -1.68. The Hall–Kier alpha value is -1.92. The molecule has 0 aromatic heterocycles. The molecule has 0 spiro atoms. The van der Waals surface area contributed by atoms with Crippen molar-refractivity contribution in [2.24, 2.45) is 11.7 Å². The molecule has 6 heteroatoms. The van der Waals surface area contributed by atoms with Gasteiger partial charge in [-0.15, -0.1) is 0 Å². The minimum atomic E-state index is -1.10. The van der Waals surface area contributed by atoms with E-state index in [-0.39, 0.29) is 12.3 Å². The smallest absolute Gasteiger partial charge is 0.332 e. The van der Waals surface area contributed by atoms with Gasteiger partial charge in [0.1, 0.15) is 5.60 Å². The Morgan fingerprint density at radius 1 is 1.21 bits per heavy atom. The molecule has 2 unspecified atom stereocenters. The van der Waals surface area contributed by atoms with Crippen LogP contribution in [0.3, 0.4) is 0 Å². The van der Waals surface area contributed by atoms with Crippen molar-refractivity contribution in [3.63, 3.8) is 0 Å². The second-order valence-corrected chi connectivity index (χ2v) is 7.20. The number of ether oxygens (including phenoxy) is 1. The first kappa shape index (κ1) is 20.1. The largest absolute Gasteiger partial charge is 0.458 e. The third-order valence-corrected chi connectivity index (χ3v) is 3.38. The van der Waals surface area contributed by atoms with Crippen molar-refractivity contribution in [3.05, 3.63) is 35.9 Å². The van der Waals surface area contributed by atoms with E-state index in [1.54, 1.807) is 34.6 Å². The minimum absolute atomic E-state index is 0.274. The number of benzene rings is 1. The van der Waals surface area contributed by atoms with Gasteiger partial charge in [0, 0.05) is 0 Å². The third kappa shape index (κ3) is 5.94. The molecule has 6 nitrogen and oxygen atoms in total. The van der Waals surface area contributed by atoms with E-state index in [4.69, 9.17) is 10.5 Å². The second kappa shape index (κ2) is 8.26. The number of nitrogens with two attached hydrogens (primary N) is 1. The van der Waals surface area contributed by atoms with Gasteiger partial charge in [0.15, 0.2) is 6.04 Å². The van der Waals surface area contributed by atoms with E-state index >= 15 is 0 Å². The van der Waals surface area contributed by atoms with Crippen molar-refractivity contribution in [3.8, 4) is 0 Å². The molecule has 3 N–H and O–H groups in total. The lowest BCUT2D eigenvalue weighted by Gasteiger charge is -2.31. The fourth-order valence-electron chi connectivity index (χ4n) is 2.28. The van der Waals surface area contributed by atoms with Crippen molar-refractivity contribution < 1.29 is 19.5 Å². The summed E-state index contributed by atoms with van der Waals surface area (Å²) in [6.45, 7) is 8.65. The topological polar surface area (TPSA) is 92.9 Å². The first-order chi connectivity index (χ1) is 11.0. The number of rotatable bonds is 6. The predicted octanol–water partition coefficient (Wildman–Crippen LogP) is 2.14. The number of esters is 1. The van der Waals surface area contributed by atoms with Gasteiger partial charge in [-0.2, -0.15) is 0 Å². The molecule has 0 saturated heterocycles. The van der Waals surface area contributed by atoms with Crippen LogP contribution in [0, 0.1) is 5.92 Å². The molecule has 1 rings (SSSR count). The number of nitrogens with zero attached hydrogens (tertiary/aromatic N) is 1. The first-order valence-electron chi connectivity index (χ1n) is 8.07. The summed E-state index contributed by atoms with van der Waals surface area (Å²) < 4.78 is 5.30. The van der Waals surface area contributed by atoms with Gasteiger partial charge in [-0.05, 0) is 38.7 Å². The van der Waals surface area contributed by atoms with E-state index in [2.05, 4.69) is 0 Å². The van der Waals surface area contributed by atoms with E-state index < -0.39 is 29.6 Å². The highest BCUT2D eigenvalue weighted by Crippen LogP contribution is 2.17. The molecule has 1 amide bonds. The fraction of sp³-hybridized carbons (Fsp3) is 0.556. The summed E-state index contributed by atoms with van der Waals surface area (Å²) in [5.41, 5.74) is 6.08. The lowest BCUT2D eigenvalue weighted by Crippen LogP contribution is -2.53. The zero-order chi connectivity index (χ0) is 18.5. The molecule has 0 aliphatic carbocycles. The Labute approximate surface area is 143 Å². The fourth-order valence-corrected chi connectivity index (χ4v) is 2.28. The molecule has 2 atom stereocenters. The van der Waals surface area contributed by atoms with E-state index in [0.717, 1.165) is 5.56 Å². The number of carbonyl (C=O) groups excluding carboxylic acids is 2. The van der Waals surface area contributed by atoms with Gasteiger partial charge in [-0.3, -0.25) is 10.0 Å². The van der Waals surface area contributed by atoms with Crippen molar-refractivity contribution in [2.45, 2.75) is 58.7 Å². The number of carbonyl (C=O) groups is 2. The summed E-state index contributed by atoms with van der Waals surface area (Å²) >= 11 is 0. The number of hydrogen-bond acceptors (Lipinski definition) is 5. The summed E-state index contributed by atoms with van der Waals surface area (Å²) in [6, 6.07) is 7.22. The molecular weight excluding hydrogens is 308 g/mol. The van der Waals surface area contributed by atoms with Gasteiger partial charge in [0.2, 0.25) is 0 Å². The zero-order valence-corrected chi connectivity index (χ0v) is 15.0. The minimum Gasteiger partial charge on any atom is -0.458 e. The van der Waals surface area contributed by atoms with Crippen LogP contribution in [0.25, 0.3) is 0 Å². The lowest BCUT2D eigenvalue weighted by molar-refractivity contribution is -0.198. The highest BCUT2D eigenvalue weighted by atomic mass is 16.6. The van der Waals surface area contributed by atoms with Crippen LogP contribution in [-0.2, 0) is 20.7 Å². The highest BCUT2D eigenvalue weighted by molar-refractivity contribution is 5.87. The van der Waals surface area contributed by atoms with E-state index in [1.165, 1.54) is 0 Å². The van der Waals surface area contributed by atoms with Gasteiger partial charge in [-0.1, -0.05) is 44.2 Å². The third-order valence-electron chi connectivity index (χ3n) is 3.38. The summed E-state index contributed by atoms with van der Waals surface area (Å²) in [4.78, 5) is 24.7. The molecule has 1 aromatic carbocycles. The summed E-state index contributed by atoms with van der Waals surface area (Å²) in [6.07, 6.45) is 0.274. The van der Waals surface area contributed by atoms with Crippen molar-refractivity contribution in [2.75, 3.05) is 0 Å². The van der Waals surface area contributed by atoms with Gasteiger partial charge < -0.3 is 10.5 Å². The van der Waals surface area contributed by atoms with Gasteiger partial charge in [0.05, 0.1) is 6.04 Å². The van der Waals surface area contributed by atoms with E-state index in [1.807, 2.05) is 30.3 Å². The van der Waals surface area contributed by atoms with Crippen LogP contribution in [0.2, 0.25) is 0 Å². The van der Waals surface area contributed by atoms with Gasteiger partial charge in [0.25, 0.3) is 5.91 Å². The van der Waals surface area contributed by atoms with Gasteiger partial charge in [-0.25, -0.2) is 9.86 Å². The number of hydrogen-bond donors (Lipinski definition) is 2. The first-order valence-corrected chi connectivity index (χ1v) is 8.07. The zero-order valence-electron chi connectivity index (χ0n) is 15.0. The summed E-state index contributed by atoms with van der Waals surface area (Å²) in [7, 11) is 0. The van der Waals surface area contributed by atoms with E-state index in [0.29, 0.717) is 5.06 Å². The maximum absolute atomic E-state index is 12.4. The SMILES string of the molecule is CC(C)C(C(=O)OC(C)(C)C)N(O)C(=O)C(N)Cc1ccccc1. The molecule has 0 bridgehead atoms. The van der Waals surface area contributed by atoms with Crippen molar-refractivity contribution in [1.82, 2.24) is 5.06 Å². The molecule has 0 fully saturated rings. The normalized spacial score (nSPS) is 14.2. The Balaban J connectivity index is 2.83. The van der Waals surface area contributed by atoms with Crippen molar-refractivity contribution >= 4 is 11.9 Å². The summed E-state index contributed by atoms with van der Waals surface area (Å²) in [5, 5.41) is 10.7. The molecular formula is C18H28N2O4. The molecule has 0 radical (unpaired) electrons. The Kier molecular flexibility index (Phi) is 6.93. The van der Waals surface area contributed by atoms with Crippen LogP contribution in [0.5, 0.6) is 0 Å². The van der Waals surface area contributed by atoms with Crippen LogP contribution >= 0.6 is 0 Å². The quantitative estimate of drug-likeness (QED) is 0.472. The molecule has 24 heavy (non-hydrogen) atoms. The second-order valence-electron chi connectivity index (χ2n) is 7.20. The monoisotopic (exact) mass is 336 g/mol. The number of amides is 1. The van der Waals surface area contributed by atoms with Crippen molar-refractivity contribution in [1.29, 1.82) is 0 Å². The molecule has 0 heterocycles. The Bertz CT molecular complexity index is 552. The maximum Gasteiger partial charge on any atom is 0.332 e. The van der Waals surface area contributed by atoms with Crippen LogP contribution in [0.1, 0.15) is 40.2 Å². The Morgan fingerprint density at radius 3 is 2.21 bits per heavy atom. The highest BCUT2D eigenvalue weighted by Gasteiger charge is 2.37. The van der Waals surface area contributed by atoms with Crippen LogP contribution in [0.4, 0.5) is 0 Å². The maximum atomic E-state index is 12.4. The number of hydroxylamine groups is 2.